The van der Waals surface area contributed by atoms with Gasteiger partial charge in [-0.15, -0.1) is 0 Å². The Kier molecular flexibility index (Phi) is 7.21. The average Bonchev–Trinajstić information content (AvgIpc) is 3.20. The fourth-order valence-corrected chi connectivity index (χ4v) is 3.16. The molecular weight excluding hydrogens is 429 g/mol. The van der Waals surface area contributed by atoms with Crippen molar-refractivity contribution in [2.24, 2.45) is 0 Å². The number of amides is 3. The Bertz CT molecular complexity index is 1020. The van der Waals surface area contributed by atoms with Gasteiger partial charge in [0.05, 0.1) is 6.04 Å². The molecule has 3 amide bonds. The second-order valence-corrected chi connectivity index (χ2v) is 7.15. The van der Waals surface area contributed by atoms with Crippen molar-refractivity contribution in [1.82, 2.24) is 16.2 Å². The normalized spacial score (nSPS) is 11.4. The van der Waals surface area contributed by atoms with Crippen LogP contribution in [0.2, 0.25) is 10.0 Å². The molecule has 1 unspecified atom stereocenters. The molecule has 0 spiro atoms. The highest BCUT2D eigenvalue weighted by atomic mass is 35.5. The zero-order chi connectivity index (χ0) is 21.5. The first kappa shape index (κ1) is 21.5. The molecule has 9 heteroatoms. The summed E-state index contributed by atoms with van der Waals surface area (Å²) < 4.78 is 11.0. The van der Waals surface area contributed by atoms with E-state index < -0.39 is 18.0 Å². The van der Waals surface area contributed by atoms with Crippen molar-refractivity contribution < 1.29 is 18.7 Å². The lowest BCUT2D eigenvalue weighted by molar-refractivity contribution is 0.0904. The summed E-state index contributed by atoms with van der Waals surface area (Å²) in [5, 5.41) is 3.59. The Morgan fingerprint density at radius 2 is 1.80 bits per heavy atom. The van der Waals surface area contributed by atoms with Crippen molar-refractivity contribution in [2.45, 2.75) is 19.6 Å². The maximum absolute atomic E-state index is 12.2. The Morgan fingerprint density at radius 1 is 1.03 bits per heavy atom. The zero-order valence-corrected chi connectivity index (χ0v) is 17.5. The molecule has 2 aromatic carbocycles. The Morgan fingerprint density at radius 3 is 2.53 bits per heavy atom. The number of hydrogen-bond acceptors (Lipinski definition) is 4. The molecular formula is C21H19Cl2N3O4. The van der Waals surface area contributed by atoms with E-state index >= 15 is 0 Å². The number of halogens is 2. The molecule has 3 N–H and O–H groups in total. The van der Waals surface area contributed by atoms with E-state index in [1.54, 1.807) is 31.2 Å². The SMILES string of the molecule is CC(NC(=O)NNC(=O)c1ccc(COc2ccccc2)o1)c1ccc(Cl)cc1Cl. The first-order valence-electron chi connectivity index (χ1n) is 9.00. The number of ether oxygens (including phenoxy) is 1. The van der Waals surface area contributed by atoms with E-state index in [1.165, 1.54) is 6.07 Å². The van der Waals surface area contributed by atoms with Crippen LogP contribution in [0.4, 0.5) is 4.79 Å². The number of nitrogens with one attached hydrogen (secondary N) is 3. The summed E-state index contributed by atoms with van der Waals surface area (Å²) in [5.74, 6) is 0.594. The van der Waals surface area contributed by atoms with Crippen LogP contribution >= 0.6 is 23.2 Å². The quantitative estimate of drug-likeness (QED) is 0.469. The predicted octanol–water partition coefficient (Wildman–Crippen LogP) is 4.87. The molecule has 1 heterocycles. The van der Waals surface area contributed by atoms with Crippen molar-refractivity contribution in [3.8, 4) is 5.75 Å². The minimum Gasteiger partial charge on any atom is -0.486 e. The smallest absolute Gasteiger partial charge is 0.333 e. The minimum absolute atomic E-state index is 0.0377. The number of furan rings is 1. The van der Waals surface area contributed by atoms with Crippen LogP contribution in [0.3, 0.4) is 0 Å². The standard InChI is InChI=1S/C21H19Cl2N3O4/c1-13(17-9-7-14(22)11-18(17)23)24-21(28)26-25-20(27)19-10-8-16(30-19)12-29-15-5-3-2-4-6-15/h2-11,13H,12H2,1H3,(H,25,27)(H2,24,26,28). The fourth-order valence-electron chi connectivity index (χ4n) is 2.59. The third kappa shape index (κ3) is 5.92. The third-order valence-corrected chi connectivity index (χ3v) is 4.64. The van der Waals surface area contributed by atoms with Gasteiger partial charge in [0.25, 0.3) is 0 Å². The first-order chi connectivity index (χ1) is 14.4. The van der Waals surface area contributed by atoms with Crippen molar-refractivity contribution in [3.05, 3.63) is 87.8 Å². The lowest BCUT2D eigenvalue weighted by atomic mass is 10.1. The predicted molar refractivity (Wildman–Crippen MR) is 113 cm³/mol. The molecule has 0 aliphatic carbocycles. The first-order valence-corrected chi connectivity index (χ1v) is 9.76. The van der Waals surface area contributed by atoms with E-state index in [2.05, 4.69) is 16.2 Å². The van der Waals surface area contributed by atoms with Gasteiger partial charge in [-0.2, -0.15) is 0 Å². The molecule has 0 aliphatic rings. The molecule has 7 nitrogen and oxygen atoms in total. The number of urea groups is 1. The summed E-state index contributed by atoms with van der Waals surface area (Å²) in [7, 11) is 0. The van der Waals surface area contributed by atoms with Gasteiger partial charge in [0, 0.05) is 10.0 Å². The van der Waals surface area contributed by atoms with E-state index in [0.717, 1.165) is 0 Å². The molecule has 3 rings (SSSR count). The maximum Gasteiger partial charge on any atom is 0.333 e. The van der Waals surface area contributed by atoms with Crippen molar-refractivity contribution in [3.63, 3.8) is 0 Å². The Hall–Kier alpha value is -3.16. The summed E-state index contributed by atoms with van der Waals surface area (Å²) in [6.45, 7) is 1.92. The van der Waals surface area contributed by atoms with Crippen LogP contribution in [0.5, 0.6) is 5.75 Å². The van der Waals surface area contributed by atoms with Gasteiger partial charge in [-0.1, -0.05) is 47.5 Å². The summed E-state index contributed by atoms with van der Waals surface area (Å²) in [5.41, 5.74) is 5.24. The molecule has 30 heavy (non-hydrogen) atoms. The van der Waals surface area contributed by atoms with Gasteiger partial charge >= 0.3 is 11.9 Å². The van der Waals surface area contributed by atoms with Crippen LogP contribution in [0, 0.1) is 0 Å². The Balaban J connectivity index is 1.47. The van der Waals surface area contributed by atoms with Crippen LogP contribution in [-0.2, 0) is 6.61 Å². The van der Waals surface area contributed by atoms with E-state index in [0.29, 0.717) is 27.1 Å². The van der Waals surface area contributed by atoms with Crippen molar-refractivity contribution in [1.29, 1.82) is 0 Å². The molecule has 3 aromatic rings. The molecule has 1 atom stereocenters. The molecule has 0 saturated carbocycles. The molecule has 1 aromatic heterocycles. The second-order valence-electron chi connectivity index (χ2n) is 6.31. The third-order valence-electron chi connectivity index (χ3n) is 4.08. The summed E-state index contributed by atoms with van der Waals surface area (Å²) in [4.78, 5) is 24.2. The highest BCUT2D eigenvalue weighted by Crippen LogP contribution is 2.25. The monoisotopic (exact) mass is 447 g/mol. The summed E-state index contributed by atoms with van der Waals surface area (Å²) >= 11 is 12.0. The summed E-state index contributed by atoms with van der Waals surface area (Å²) in [6, 6.07) is 16.3. The number of rotatable bonds is 6. The second kappa shape index (κ2) is 10.0. The van der Waals surface area contributed by atoms with Crippen LogP contribution in [-0.4, -0.2) is 11.9 Å². The van der Waals surface area contributed by atoms with Gasteiger partial charge in [-0.05, 0) is 48.9 Å². The molecule has 0 bridgehead atoms. The molecule has 0 radical (unpaired) electrons. The van der Waals surface area contributed by atoms with E-state index in [4.69, 9.17) is 32.4 Å². The molecule has 0 fully saturated rings. The fraction of sp³-hybridized carbons (Fsp3) is 0.143. The van der Waals surface area contributed by atoms with Gasteiger partial charge in [0.1, 0.15) is 18.1 Å². The van der Waals surface area contributed by atoms with Gasteiger partial charge < -0.3 is 14.5 Å². The average molecular weight is 448 g/mol. The number of carbonyl (C=O) groups excluding carboxylic acids is 2. The number of carbonyl (C=O) groups is 2. The number of benzene rings is 2. The highest BCUT2D eigenvalue weighted by Gasteiger charge is 2.15. The lowest BCUT2D eigenvalue weighted by Gasteiger charge is -2.16. The van der Waals surface area contributed by atoms with E-state index in [-0.39, 0.29) is 12.4 Å². The minimum atomic E-state index is -0.610. The molecule has 0 saturated heterocycles. The van der Waals surface area contributed by atoms with Crippen LogP contribution in [0.15, 0.2) is 65.1 Å². The topological polar surface area (TPSA) is 92.6 Å². The van der Waals surface area contributed by atoms with Crippen LogP contribution in [0.1, 0.15) is 34.8 Å². The van der Waals surface area contributed by atoms with Gasteiger partial charge in [-0.25, -0.2) is 10.2 Å². The van der Waals surface area contributed by atoms with Gasteiger partial charge in [0.15, 0.2) is 5.76 Å². The lowest BCUT2D eigenvalue weighted by Crippen LogP contribution is -2.47. The van der Waals surface area contributed by atoms with E-state index in [1.807, 2.05) is 30.3 Å². The number of hydrogen-bond donors (Lipinski definition) is 3. The molecule has 156 valence electrons. The van der Waals surface area contributed by atoms with Gasteiger partial charge in [-0.3, -0.25) is 10.2 Å². The van der Waals surface area contributed by atoms with Gasteiger partial charge in [0.2, 0.25) is 0 Å². The zero-order valence-electron chi connectivity index (χ0n) is 15.9. The van der Waals surface area contributed by atoms with E-state index in [9.17, 15) is 9.59 Å². The van der Waals surface area contributed by atoms with Crippen LogP contribution in [0.25, 0.3) is 0 Å². The maximum atomic E-state index is 12.2. The summed E-state index contributed by atoms with van der Waals surface area (Å²) in [6.07, 6.45) is 0. The Labute approximate surface area is 183 Å². The van der Waals surface area contributed by atoms with Crippen molar-refractivity contribution in [2.75, 3.05) is 0 Å². The van der Waals surface area contributed by atoms with Crippen LogP contribution < -0.4 is 20.9 Å². The molecule has 0 aliphatic heterocycles. The number of hydrazine groups is 1. The number of para-hydroxylation sites is 1. The largest absolute Gasteiger partial charge is 0.486 e. The highest BCUT2D eigenvalue weighted by molar-refractivity contribution is 6.35. The van der Waals surface area contributed by atoms with Crippen molar-refractivity contribution >= 4 is 35.1 Å².